The van der Waals surface area contributed by atoms with E-state index >= 15 is 0 Å². The second-order valence-corrected chi connectivity index (χ2v) is 5.35. The Morgan fingerprint density at radius 2 is 2.00 bits per heavy atom. The molecule has 0 spiro atoms. The summed E-state index contributed by atoms with van der Waals surface area (Å²) in [5.41, 5.74) is 6.42. The summed E-state index contributed by atoms with van der Waals surface area (Å²) in [6.07, 6.45) is 0.251. The van der Waals surface area contributed by atoms with Crippen molar-refractivity contribution in [3.63, 3.8) is 0 Å². The van der Waals surface area contributed by atoms with Gasteiger partial charge in [0.25, 0.3) is 5.91 Å². The molecule has 0 aliphatic rings. The Labute approximate surface area is 123 Å². The summed E-state index contributed by atoms with van der Waals surface area (Å²) in [5.74, 6) is 0.0587. The van der Waals surface area contributed by atoms with Crippen LogP contribution in [0.3, 0.4) is 0 Å². The number of hydrogen-bond acceptors (Lipinski definition) is 3. The monoisotopic (exact) mass is 297 g/mol. The lowest BCUT2D eigenvalue weighted by Crippen LogP contribution is -2.32. The van der Waals surface area contributed by atoms with Gasteiger partial charge in [-0.05, 0) is 24.1 Å². The number of halogens is 1. The predicted molar refractivity (Wildman–Crippen MR) is 80.7 cm³/mol. The van der Waals surface area contributed by atoms with Crippen LogP contribution in [0.5, 0.6) is 0 Å². The minimum Gasteiger partial charge on any atom is -0.398 e. The topological polar surface area (TPSA) is 84.2 Å². The van der Waals surface area contributed by atoms with E-state index in [9.17, 15) is 9.59 Å². The van der Waals surface area contributed by atoms with Crippen molar-refractivity contribution >= 4 is 29.1 Å². The quantitative estimate of drug-likeness (QED) is 0.700. The molecule has 110 valence electrons. The number of anilines is 1. The zero-order valence-corrected chi connectivity index (χ0v) is 12.5. The van der Waals surface area contributed by atoms with E-state index in [2.05, 4.69) is 10.6 Å². The Bertz CT molecular complexity index is 489. The van der Waals surface area contributed by atoms with Crippen molar-refractivity contribution in [2.24, 2.45) is 5.92 Å². The summed E-state index contributed by atoms with van der Waals surface area (Å²) >= 11 is 5.84. The molecule has 1 aromatic rings. The number of rotatable bonds is 6. The van der Waals surface area contributed by atoms with E-state index < -0.39 is 0 Å². The summed E-state index contributed by atoms with van der Waals surface area (Å²) < 4.78 is 0. The number of nitrogens with one attached hydrogen (secondary N) is 2. The van der Waals surface area contributed by atoms with Gasteiger partial charge in [0.15, 0.2) is 0 Å². The van der Waals surface area contributed by atoms with Crippen LogP contribution in [0.15, 0.2) is 18.2 Å². The van der Waals surface area contributed by atoms with Gasteiger partial charge in [-0.25, -0.2) is 0 Å². The predicted octanol–water partition coefficient (Wildman–Crippen LogP) is 1.81. The van der Waals surface area contributed by atoms with Crippen molar-refractivity contribution in [1.29, 1.82) is 0 Å². The summed E-state index contributed by atoms with van der Waals surface area (Å²) in [6.45, 7) is 4.96. The molecule has 0 aromatic heterocycles. The maximum Gasteiger partial charge on any atom is 0.251 e. The molecule has 4 N–H and O–H groups in total. The smallest absolute Gasteiger partial charge is 0.251 e. The molecule has 2 amide bonds. The van der Waals surface area contributed by atoms with Crippen LogP contribution in [0, 0.1) is 5.92 Å². The van der Waals surface area contributed by atoms with Crippen molar-refractivity contribution in [3.8, 4) is 0 Å². The summed E-state index contributed by atoms with van der Waals surface area (Å²) in [6, 6.07) is 4.67. The fourth-order valence-electron chi connectivity index (χ4n) is 1.47. The number of carbonyl (C=O) groups is 2. The Morgan fingerprint density at radius 1 is 1.30 bits per heavy atom. The molecule has 0 atom stereocenters. The average molecular weight is 298 g/mol. The van der Waals surface area contributed by atoms with Gasteiger partial charge in [0.2, 0.25) is 5.91 Å². The third kappa shape index (κ3) is 5.48. The molecular formula is C14H20ClN3O2. The first-order chi connectivity index (χ1) is 9.40. The Balaban J connectivity index is 2.36. The number of carbonyl (C=O) groups excluding carboxylic acids is 2. The molecule has 5 nitrogen and oxygen atoms in total. The van der Waals surface area contributed by atoms with Crippen LogP contribution >= 0.6 is 11.6 Å². The van der Waals surface area contributed by atoms with Crippen molar-refractivity contribution in [2.75, 3.05) is 18.8 Å². The largest absolute Gasteiger partial charge is 0.398 e. The van der Waals surface area contributed by atoms with Crippen LogP contribution in [-0.2, 0) is 4.79 Å². The molecule has 0 saturated heterocycles. The maximum absolute atomic E-state index is 11.8. The molecule has 0 fully saturated rings. The van der Waals surface area contributed by atoms with E-state index in [1.807, 2.05) is 13.8 Å². The lowest BCUT2D eigenvalue weighted by Gasteiger charge is -2.09. The zero-order valence-electron chi connectivity index (χ0n) is 11.7. The number of nitrogens with two attached hydrogens (primary N) is 1. The Morgan fingerprint density at radius 3 is 2.60 bits per heavy atom. The molecule has 20 heavy (non-hydrogen) atoms. The van der Waals surface area contributed by atoms with Gasteiger partial charge in [-0.15, -0.1) is 0 Å². The molecule has 0 aliphatic heterocycles. The highest BCUT2D eigenvalue weighted by atomic mass is 35.5. The van der Waals surface area contributed by atoms with Crippen LogP contribution in [0.4, 0.5) is 5.69 Å². The van der Waals surface area contributed by atoms with Crippen molar-refractivity contribution < 1.29 is 9.59 Å². The molecule has 1 rings (SSSR count). The van der Waals surface area contributed by atoms with Gasteiger partial charge in [-0.3, -0.25) is 9.59 Å². The minimum absolute atomic E-state index is 0.0747. The second-order valence-electron chi connectivity index (χ2n) is 4.94. The third-order valence-corrected chi connectivity index (χ3v) is 2.94. The van der Waals surface area contributed by atoms with E-state index in [-0.39, 0.29) is 24.8 Å². The van der Waals surface area contributed by atoms with Gasteiger partial charge in [0.1, 0.15) is 0 Å². The second kappa shape index (κ2) is 7.75. The molecule has 0 saturated carbocycles. The van der Waals surface area contributed by atoms with Gasteiger partial charge < -0.3 is 16.4 Å². The van der Waals surface area contributed by atoms with Crippen LogP contribution < -0.4 is 16.4 Å². The van der Waals surface area contributed by atoms with Gasteiger partial charge in [0, 0.05) is 25.1 Å². The van der Waals surface area contributed by atoms with Gasteiger partial charge in [-0.2, -0.15) is 0 Å². The minimum atomic E-state index is -0.274. The van der Waals surface area contributed by atoms with Crippen LogP contribution in [0.25, 0.3) is 0 Å². The number of hydrogen-bond donors (Lipinski definition) is 3. The van der Waals surface area contributed by atoms with Crippen molar-refractivity contribution in [2.45, 2.75) is 20.3 Å². The standard InChI is InChI=1S/C14H20ClN3O2/c1-9(2)8-18-13(19)5-6-17-14(20)10-3-4-12(16)11(15)7-10/h3-4,7,9H,5-6,8,16H2,1-2H3,(H,17,20)(H,18,19). The molecular weight excluding hydrogens is 278 g/mol. The highest BCUT2D eigenvalue weighted by molar-refractivity contribution is 6.33. The molecule has 0 unspecified atom stereocenters. The molecule has 0 aliphatic carbocycles. The molecule has 6 heteroatoms. The van der Waals surface area contributed by atoms with Crippen molar-refractivity contribution in [3.05, 3.63) is 28.8 Å². The van der Waals surface area contributed by atoms with Crippen molar-refractivity contribution in [1.82, 2.24) is 10.6 Å². The average Bonchev–Trinajstić information content (AvgIpc) is 2.39. The fraction of sp³-hybridized carbons (Fsp3) is 0.429. The Hall–Kier alpha value is -1.75. The first-order valence-electron chi connectivity index (χ1n) is 6.50. The fourth-order valence-corrected chi connectivity index (χ4v) is 1.65. The molecule has 0 heterocycles. The molecule has 1 aromatic carbocycles. The SMILES string of the molecule is CC(C)CNC(=O)CCNC(=O)c1ccc(N)c(Cl)c1. The van der Waals surface area contributed by atoms with Crippen LogP contribution in [0.1, 0.15) is 30.6 Å². The third-order valence-electron chi connectivity index (χ3n) is 2.61. The van der Waals surface area contributed by atoms with Crippen LogP contribution in [0.2, 0.25) is 5.02 Å². The lowest BCUT2D eigenvalue weighted by atomic mass is 10.2. The maximum atomic E-state index is 11.8. The summed E-state index contributed by atoms with van der Waals surface area (Å²) in [4.78, 5) is 23.3. The zero-order chi connectivity index (χ0) is 15.1. The van der Waals surface area contributed by atoms with E-state index in [1.54, 1.807) is 12.1 Å². The number of nitrogen functional groups attached to an aromatic ring is 1. The first-order valence-corrected chi connectivity index (χ1v) is 6.88. The van der Waals surface area contributed by atoms with E-state index in [0.717, 1.165) is 0 Å². The highest BCUT2D eigenvalue weighted by Crippen LogP contribution is 2.19. The lowest BCUT2D eigenvalue weighted by molar-refractivity contribution is -0.121. The number of benzene rings is 1. The van der Waals surface area contributed by atoms with Gasteiger partial charge in [0.05, 0.1) is 10.7 Å². The summed E-state index contributed by atoms with van der Waals surface area (Å²) in [5, 5.41) is 5.79. The van der Waals surface area contributed by atoms with Gasteiger partial charge >= 0.3 is 0 Å². The van der Waals surface area contributed by atoms with Gasteiger partial charge in [-0.1, -0.05) is 25.4 Å². The molecule has 0 radical (unpaired) electrons. The normalized spacial score (nSPS) is 10.4. The van der Waals surface area contributed by atoms with E-state index in [0.29, 0.717) is 28.7 Å². The number of amides is 2. The van der Waals surface area contributed by atoms with E-state index in [1.165, 1.54) is 6.07 Å². The summed E-state index contributed by atoms with van der Waals surface area (Å²) in [7, 11) is 0. The van der Waals surface area contributed by atoms with Crippen LogP contribution in [-0.4, -0.2) is 24.9 Å². The molecule has 0 bridgehead atoms. The highest BCUT2D eigenvalue weighted by Gasteiger charge is 2.08. The van der Waals surface area contributed by atoms with E-state index in [4.69, 9.17) is 17.3 Å². The first kappa shape index (κ1) is 16.3. The Kier molecular flexibility index (Phi) is 6.31.